The zero-order valence-corrected chi connectivity index (χ0v) is 14.0. The average molecular weight is 347 g/mol. The molecule has 2 aromatic rings. The minimum atomic E-state index is -1.36. The number of benzene rings is 2. The molecule has 0 unspecified atom stereocenters. The van der Waals surface area contributed by atoms with Crippen LogP contribution in [0.5, 0.6) is 0 Å². The van der Waals surface area contributed by atoms with Gasteiger partial charge in [0.05, 0.1) is 10.8 Å². The van der Waals surface area contributed by atoms with Crippen LogP contribution in [-0.2, 0) is 15.6 Å². The summed E-state index contributed by atoms with van der Waals surface area (Å²) in [6.07, 6.45) is 1.51. The number of carbonyl (C=O) groups is 1. The highest BCUT2D eigenvalue weighted by atomic mass is 35.5. The Morgan fingerprint density at radius 3 is 2.43 bits per heavy atom. The Morgan fingerprint density at radius 1 is 1.13 bits per heavy atom. The van der Waals surface area contributed by atoms with Gasteiger partial charge in [-0.05, 0) is 43.3 Å². The smallest absolute Gasteiger partial charge is 0.269 e. The van der Waals surface area contributed by atoms with E-state index in [1.165, 1.54) is 11.1 Å². The summed E-state index contributed by atoms with van der Waals surface area (Å²) >= 11 is 5.83. The molecular weight excluding hydrogens is 332 g/mol. The zero-order valence-electron chi connectivity index (χ0n) is 12.5. The molecule has 3 rings (SSSR count). The molecule has 0 radical (unpaired) electrons. The second-order valence-electron chi connectivity index (χ2n) is 5.20. The fraction of sp³-hybridized carbons (Fsp3) is 0.118. The Labute approximate surface area is 142 Å². The van der Waals surface area contributed by atoms with E-state index in [-0.39, 0.29) is 16.7 Å². The molecule has 1 atom stereocenters. The van der Waals surface area contributed by atoms with Crippen LogP contribution in [0.4, 0.5) is 11.4 Å². The fourth-order valence-electron chi connectivity index (χ4n) is 2.21. The topological polar surface area (TPSA) is 49.4 Å². The number of hydrogen-bond donors (Lipinski definition) is 1. The largest absolute Gasteiger partial charge is 0.360 e. The molecule has 0 bridgehead atoms. The molecule has 4 nitrogen and oxygen atoms in total. The van der Waals surface area contributed by atoms with Crippen molar-refractivity contribution in [1.29, 1.82) is 0 Å². The van der Waals surface area contributed by atoms with Crippen molar-refractivity contribution in [3.8, 4) is 0 Å². The van der Waals surface area contributed by atoms with Crippen molar-refractivity contribution in [1.82, 2.24) is 0 Å². The van der Waals surface area contributed by atoms with Crippen LogP contribution in [0.3, 0.4) is 0 Å². The van der Waals surface area contributed by atoms with Gasteiger partial charge in [-0.3, -0.25) is 13.9 Å². The van der Waals surface area contributed by atoms with Gasteiger partial charge in [0.25, 0.3) is 5.91 Å². The predicted octanol–water partition coefficient (Wildman–Crippen LogP) is 3.65. The lowest BCUT2D eigenvalue weighted by atomic mass is 10.2. The molecule has 0 saturated carbocycles. The molecule has 2 aromatic carbocycles. The lowest BCUT2D eigenvalue weighted by Crippen LogP contribution is -2.24. The Hall–Kier alpha value is -2.11. The number of nitrogens with zero attached hydrogens (tertiary/aromatic N) is 1. The normalized spacial score (nSPS) is 19.4. The monoisotopic (exact) mass is 346 g/mol. The molecule has 23 heavy (non-hydrogen) atoms. The summed E-state index contributed by atoms with van der Waals surface area (Å²) in [5, 5.41) is 3.63. The number of nitrogens with one attached hydrogen (secondary N) is 1. The van der Waals surface area contributed by atoms with Gasteiger partial charge in [0, 0.05) is 22.6 Å². The molecule has 1 aliphatic rings. The second-order valence-corrected chi connectivity index (χ2v) is 7.03. The number of rotatable bonds is 3. The van der Waals surface area contributed by atoms with Crippen LogP contribution in [0.1, 0.15) is 5.56 Å². The number of aryl methyl sites for hydroxylation is 1. The van der Waals surface area contributed by atoms with Crippen molar-refractivity contribution in [2.75, 3.05) is 16.1 Å². The minimum Gasteiger partial charge on any atom is -0.360 e. The molecule has 118 valence electrons. The molecular formula is C17H15ClN2O2S. The molecule has 1 heterocycles. The summed E-state index contributed by atoms with van der Waals surface area (Å²) in [5.74, 6) is -0.0654. The third-order valence-electron chi connectivity index (χ3n) is 3.51. The molecule has 1 amide bonds. The maximum atomic E-state index is 12.5. The first-order chi connectivity index (χ1) is 11.0. The van der Waals surface area contributed by atoms with Crippen LogP contribution >= 0.6 is 11.6 Å². The first-order valence-corrected chi connectivity index (χ1v) is 8.73. The van der Waals surface area contributed by atoms with Crippen molar-refractivity contribution < 1.29 is 9.00 Å². The van der Waals surface area contributed by atoms with Crippen molar-refractivity contribution in [2.24, 2.45) is 0 Å². The summed E-state index contributed by atoms with van der Waals surface area (Å²) in [6, 6.07) is 14.7. The summed E-state index contributed by atoms with van der Waals surface area (Å²) in [5.41, 5.74) is 2.64. The number of hydrogen-bond acceptors (Lipinski definition) is 3. The first kappa shape index (κ1) is 15.8. The molecule has 6 heteroatoms. The number of anilines is 2. The zero-order chi connectivity index (χ0) is 16.4. The van der Waals surface area contributed by atoms with Gasteiger partial charge in [-0.1, -0.05) is 29.3 Å². The van der Waals surface area contributed by atoms with Gasteiger partial charge in [-0.2, -0.15) is 0 Å². The van der Waals surface area contributed by atoms with E-state index in [0.717, 1.165) is 16.9 Å². The maximum Gasteiger partial charge on any atom is 0.269 e. The van der Waals surface area contributed by atoms with Crippen LogP contribution < -0.4 is 10.2 Å². The fourth-order valence-corrected chi connectivity index (χ4v) is 3.48. The van der Waals surface area contributed by atoms with E-state index in [9.17, 15) is 9.00 Å². The molecule has 1 fully saturated rings. The molecule has 0 aliphatic carbocycles. The van der Waals surface area contributed by atoms with Crippen LogP contribution in [0, 0.1) is 6.92 Å². The van der Waals surface area contributed by atoms with Crippen LogP contribution in [0.25, 0.3) is 0 Å². The highest BCUT2D eigenvalue weighted by Gasteiger charge is 2.33. The van der Waals surface area contributed by atoms with E-state index in [2.05, 4.69) is 5.32 Å². The molecule has 1 N–H and O–H groups in total. The minimum absolute atomic E-state index is 0.177. The van der Waals surface area contributed by atoms with Crippen LogP contribution in [-0.4, -0.2) is 16.0 Å². The standard InChI is InChI=1S/C17H15ClN2O2S/c1-12-2-8-15(9-3-12)20-11-23(22)16(17(20)21)10-19-14-6-4-13(18)5-7-14/h2-10,19H,11H2,1H3/b16-10+/t23-/m0/s1. The van der Waals surface area contributed by atoms with E-state index in [1.807, 2.05) is 31.2 Å². The summed E-state index contributed by atoms with van der Waals surface area (Å²) < 4.78 is 12.2. The van der Waals surface area contributed by atoms with Gasteiger partial charge in [-0.15, -0.1) is 0 Å². The Morgan fingerprint density at radius 2 is 1.78 bits per heavy atom. The Bertz CT molecular complexity index is 785. The first-order valence-electron chi connectivity index (χ1n) is 7.04. The van der Waals surface area contributed by atoms with Crippen molar-refractivity contribution in [2.45, 2.75) is 6.92 Å². The average Bonchev–Trinajstić information content (AvgIpc) is 2.82. The van der Waals surface area contributed by atoms with Gasteiger partial charge in [0.15, 0.2) is 0 Å². The van der Waals surface area contributed by atoms with E-state index in [1.54, 1.807) is 24.3 Å². The van der Waals surface area contributed by atoms with Gasteiger partial charge in [-0.25, -0.2) is 0 Å². The van der Waals surface area contributed by atoms with E-state index in [0.29, 0.717) is 5.02 Å². The van der Waals surface area contributed by atoms with Gasteiger partial charge in [0.2, 0.25) is 0 Å². The SMILES string of the molecule is Cc1ccc(N2C[S@](=O)/C(=C/Nc3ccc(Cl)cc3)C2=O)cc1. The predicted molar refractivity (Wildman–Crippen MR) is 94.8 cm³/mol. The van der Waals surface area contributed by atoms with Crippen molar-refractivity contribution in [3.63, 3.8) is 0 Å². The summed E-state index contributed by atoms with van der Waals surface area (Å²) in [7, 11) is -1.36. The number of amides is 1. The van der Waals surface area contributed by atoms with Crippen molar-refractivity contribution in [3.05, 3.63) is 70.2 Å². The van der Waals surface area contributed by atoms with Crippen molar-refractivity contribution >= 4 is 39.7 Å². The molecule has 1 aliphatic heterocycles. The maximum absolute atomic E-state index is 12.5. The Kier molecular flexibility index (Phi) is 4.50. The summed E-state index contributed by atoms with van der Waals surface area (Å²) in [6.45, 7) is 1.98. The van der Waals surface area contributed by atoms with Crippen LogP contribution in [0.2, 0.25) is 5.02 Å². The van der Waals surface area contributed by atoms with E-state index < -0.39 is 10.8 Å². The van der Waals surface area contributed by atoms with Gasteiger partial charge in [0.1, 0.15) is 10.8 Å². The number of halogens is 1. The number of carbonyl (C=O) groups excluding carboxylic acids is 1. The highest BCUT2D eigenvalue weighted by Crippen LogP contribution is 2.25. The Balaban J connectivity index is 1.79. The lowest BCUT2D eigenvalue weighted by Gasteiger charge is -2.13. The molecule has 1 saturated heterocycles. The van der Waals surface area contributed by atoms with E-state index >= 15 is 0 Å². The third kappa shape index (κ3) is 3.46. The molecule has 0 spiro atoms. The third-order valence-corrected chi connectivity index (χ3v) is 5.04. The van der Waals surface area contributed by atoms with Gasteiger partial charge < -0.3 is 5.32 Å². The highest BCUT2D eigenvalue weighted by molar-refractivity contribution is 7.90. The summed E-state index contributed by atoms with van der Waals surface area (Å²) in [4.78, 5) is 14.3. The van der Waals surface area contributed by atoms with Crippen LogP contribution in [0.15, 0.2) is 59.6 Å². The van der Waals surface area contributed by atoms with E-state index in [4.69, 9.17) is 11.6 Å². The lowest BCUT2D eigenvalue weighted by molar-refractivity contribution is -0.114. The van der Waals surface area contributed by atoms with Gasteiger partial charge >= 0.3 is 0 Å². The quantitative estimate of drug-likeness (QED) is 0.863. The molecule has 0 aromatic heterocycles. The second kappa shape index (κ2) is 6.56.